The molecule has 1 aliphatic rings. The van der Waals surface area contributed by atoms with E-state index in [9.17, 15) is 24.7 Å². The molecule has 1 aromatic rings. The molecular weight excluding hydrogens is 456 g/mol. The molecule has 5 N–H and O–H groups in total. The van der Waals surface area contributed by atoms with Gasteiger partial charge in [0.25, 0.3) is 11.3 Å². The number of carbonyl (C=O) groups is 1. The summed E-state index contributed by atoms with van der Waals surface area (Å²) in [4.78, 5) is 28.8. The van der Waals surface area contributed by atoms with Gasteiger partial charge in [0.1, 0.15) is 24.6 Å². The first-order valence-electron chi connectivity index (χ1n) is 6.66. The number of rotatable bonds is 6. The summed E-state index contributed by atoms with van der Waals surface area (Å²) in [6, 6.07) is 2.52. The molecule has 26 heavy (non-hydrogen) atoms. The molecule has 0 aliphatic carbocycles. The summed E-state index contributed by atoms with van der Waals surface area (Å²) in [6.45, 7) is -0.678. The zero-order chi connectivity index (χ0) is 18.9. The first-order valence-corrected chi connectivity index (χ1v) is 9.04. The van der Waals surface area contributed by atoms with Gasteiger partial charge in [0.2, 0.25) is 0 Å². The van der Waals surface area contributed by atoms with Crippen molar-refractivity contribution in [2.45, 2.75) is 24.5 Å². The minimum atomic E-state index is -4.79. The number of aromatic nitrogens is 1. The Kier molecular flexibility index (Phi) is 8.34. The monoisotopic (exact) mass is 469 g/mol. The van der Waals surface area contributed by atoms with Crippen LogP contribution in [0.15, 0.2) is 12.4 Å². The molecule has 14 heteroatoms. The molecule has 0 unspecified atom stereocenters. The zero-order valence-electron chi connectivity index (χ0n) is 12.6. The molecule has 2 heterocycles. The average molecular weight is 470 g/mol. The molecule has 1 aliphatic heterocycles. The molecular formula is C12H14NNiO9PS2. The first-order chi connectivity index (χ1) is 11.5. The molecule has 0 aromatic carbocycles. The Morgan fingerprint density at radius 3 is 2.42 bits per heavy atom. The van der Waals surface area contributed by atoms with Crippen LogP contribution in [0.25, 0.3) is 0 Å². The van der Waals surface area contributed by atoms with Crippen LogP contribution in [0.3, 0.4) is 0 Å². The van der Waals surface area contributed by atoms with Crippen molar-refractivity contribution >= 4 is 42.8 Å². The van der Waals surface area contributed by atoms with Crippen LogP contribution in [0, 0.1) is 6.07 Å². The second-order valence-electron chi connectivity index (χ2n) is 5.10. The molecule has 0 radical (unpaired) electrons. The molecule has 0 saturated carbocycles. The van der Waals surface area contributed by atoms with Gasteiger partial charge in [-0.3, -0.25) is 4.52 Å². The number of thiol groups is 1. The second-order valence-corrected chi connectivity index (χ2v) is 7.14. The van der Waals surface area contributed by atoms with Crippen LogP contribution in [0.5, 0.6) is 0 Å². The summed E-state index contributed by atoms with van der Waals surface area (Å²) in [6.07, 6.45) is -3.11. The van der Waals surface area contributed by atoms with Crippen LogP contribution in [-0.4, -0.2) is 60.2 Å². The van der Waals surface area contributed by atoms with E-state index in [-0.39, 0.29) is 27.6 Å². The van der Waals surface area contributed by atoms with E-state index in [0.29, 0.717) is 0 Å². The van der Waals surface area contributed by atoms with Gasteiger partial charge in [-0.15, -0.1) is 0 Å². The average Bonchev–Trinajstić information content (AvgIpc) is 2.79. The molecule has 1 fully saturated rings. The Bertz CT molecular complexity index is 713. The number of aliphatic hydroxyl groups excluding tert-OH is 3. The fraction of sp³-hybridized carbons (Fsp3) is 0.417. The van der Waals surface area contributed by atoms with E-state index in [1.54, 1.807) is 0 Å². The maximum atomic E-state index is 11.4. The Hall–Kier alpha value is -0.426. The van der Waals surface area contributed by atoms with Gasteiger partial charge in [-0.25, -0.2) is 9.13 Å². The zero-order valence-corrected chi connectivity index (χ0v) is 16.2. The standard InChI is InChI=1S/C12H14NO9PS2.Ni/c14-8-7(4-21-23(18,19)20)22-10(9(8)15)13-2-5(11(16)24)1-6(3-13)12(17)25;/h2-3,7-10,14-15H,4H2,(H,16,24)(H,17,25)(H2,18,19,20);/t7-,8-,9-,10-;/m1./s1. The number of hydrogen-bond donors (Lipinski definition) is 5. The summed E-state index contributed by atoms with van der Waals surface area (Å²) < 4.78 is 21.5. The van der Waals surface area contributed by atoms with Crippen molar-refractivity contribution in [1.82, 2.24) is 0 Å². The number of pyridine rings is 1. The number of carbonyl (C=O) groups excluding carboxylic acids is 1. The maximum Gasteiger partial charge on any atom is 0.469 e. The van der Waals surface area contributed by atoms with Gasteiger partial charge in [-0.1, -0.05) is 6.07 Å². The summed E-state index contributed by atoms with van der Waals surface area (Å²) >= 11 is 8.26. The molecule has 1 aromatic heterocycles. The van der Waals surface area contributed by atoms with Crippen LogP contribution < -0.4 is 4.57 Å². The predicted molar refractivity (Wildman–Crippen MR) is 86.6 cm³/mol. The van der Waals surface area contributed by atoms with Crippen molar-refractivity contribution in [3.05, 3.63) is 29.6 Å². The van der Waals surface area contributed by atoms with Crippen LogP contribution >= 0.6 is 7.82 Å². The Balaban J connectivity index is 0.00000338. The fourth-order valence-corrected chi connectivity index (χ4v) is 2.75. The minimum Gasteiger partial charge on any atom is -0.786 e. The number of phosphoric acid groups is 1. The smallest absolute Gasteiger partial charge is 0.469 e. The van der Waals surface area contributed by atoms with E-state index in [1.807, 2.05) is 0 Å². The van der Waals surface area contributed by atoms with Crippen LogP contribution in [0.2, 0.25) is 0 Å². The van der Waals surface area contributed by atoms with Crippen molar-refractivity contribution in [3.63, 3.8) is 0 Å². The van der Waals surface area contributed by atoms with Gasteiger partial charge in [0, 0.05) is 22.1 Å². The third-order valence-corrected chi connectivity index (χ3v) is 4.27. The first kappa shape index (κ1) is 23.6. The molecule has 1 saturated heterocycles. The molecule has 0 bridgehead atoms. The summed E-state index contributed by atoms with van der Waals surface area (Å²) in [5, 5.41) is 28.3. The number of phosphoric ester groups is 1. The third kappa shape index (κ3) is 5.78. The van der Waals surface area contributed by atoms with Crippen molar-refractivity contribution in [2.24, 2.45) is 0 Å². The van der Waals surface area contributed by atoms with Crippen molar-refractivity contribution in [3.8, 4) is 0 Å². The van der Waals surface area contributed by atoms with E-state index in [1.165, 1.54) is 12.4 Å². The van der Waals surface area contributed by atoms with Gasteiger partial charge in [-0.2, -0.15) is 0 Å². The largest absolute Gasteiger partial charge is 0.786 e. The number of hydrogen-bond acceptors (Lipinski definition) is 7. The molecule has 0 spiro atoms. The van der Waals surface area contributed by atoms with Gasteiger partial charge in [0.05, 0.1) is 6.61 Å². The molecule has 2 rings (SSSR count). The van der Waals surface area contributed by atoms with Gasteiger partial charge in [-0.05, 0) is 10.7 Å². The molecule has 10 nitrogen and oxygen atoms in total. The maximum absolute atomic E-state index is 11.4. The Morgan fingerprint density at radius 2 is 1.92 bits per heavy atom. The Labute approximate surface area is 168 Å². The number of ether oxygens (including phenoxy) is 1. The van der Waals surface area contributed by atoms with E-state index in [4.69, 9.17) is 14.5 Å². The van der Waals surface area contributed by atoms with Gasteiger partial charge < -0.3 is 47.3 Å². The normalized spacial score (nSPS) is 25.6. The van der Waals surface area contributed by atoms with Gasteiger partial charge in [0.15, 0.2) is 18.3 Å². The fourth-order valence-electron chi connectivity index (χ4n) is 2.19. The Morgan fingerprint density at radius 1 is 1.35 bits per heavy atom. The summed E-state index contributed by atoms with van der Waals surface area (Å²) in [5.74, 6) is 0. The van der Waals surface area contributed by atoms with Crippen molar-refractivity contribution in [2.75, 3.05) is 6.61 Å². The van der Waals surface area contributed by atoms with E-state index < -0.39 is 49.1 Å². The van der Waals surface area contributed by atoms with E-state index >= 15 is 0 Å². The SMILES string of the molecule is O=C([S-])c1[c-]c(C(O)=[SH+])c[n+]([C@@H]2O[C@H](COP(=O)(O)O)[C@@H](O)[C@H]2O)c1.[Ni]. The van der Waals surface area contributed by atoms with Crippen LogP contribution in [0.1, 0.15) is 22.1 Å². The predicted octanol–water partition coefficient (Wildman–Crippen LogP) is -2.50. The van der Waals surface area contributed by atoms with Crippen LogP contribution in [-0.2, 0) is 55.2 Å². The third-order valence-electron chi connectivity index (χ3n) is 3.32. The van der Waals surface area contributed by atoms with Gasteiger partial charge >= 0.3 is 7.82 Å². The topological polar surface area (TPSA) is 158 Å². The van der Waals surface area contributed by atoms with E-state index in [2.05, 4.69) is 35.4 Å². The number of aliphatic hydroxyl groups is 3. The summed E-state index contributed by atoms with van der Waals surface area (Å²) in [5.41, 5.74) is -0.132. The second kappa shape index (κ2) is 9.18. The summed E-state index contributed by atoms with van der Waals surface area (Å²) in [7, 11) is -4.79. The van der Waals surface area contributed by atoms with E-state index in [0.717, 1.165) is 4.57 Å². The van der Waals surface area contributed by atoms with Crippen molar-refractivity contribution in [1.29, 1.82) is 0 Å². The van der Waals surface area contributed by atoms with Crippen LogP contribution in [0.4, 0.5) is 0 Å². The molecule has 0 amide bonds. The molecule has 148 valence electrons. The number of nitrogens with zero attached hydrogens (tertiary/aromatic N) is 1. The quantitative estimate of drug-likeness (QED) is 0.0440. The minimum absolute atomic E-state index is 0. The van der Waals surface area contributed by atoms with Crippen molar-refractivity contribution < 1.29 is 64.8 Å². The molecule has 4 atom stereocenters.